The standard InChI is InChI=1S/C23H21F2N3O3/c1-31-21-12-8-19(9-13-21)27-23(30)28(20-10-6-18(25)7-11-20)15-14-26-22(29)16-2-4-17(24)5-3-16/h2-13H,14-15H2,1H3,(H,26,29)(H,27,30). The fraction of sp³-hybridized carbons (Fsp3) is 0.130. The number of methoxy groups -OCH3 is 1. The van der Waals surface area contributed by atoms with Gasteiger partial charge in [0.25, 0.3) is 5.91 Å². The molecule has 0 bridgehead atoms. The van der Waals surface area contributed by atoms with Gasteiger partial charge in [0, 0.05) is 30.0 Å². The second-order valence-electron chi connectivity index (χ2n) is 6.55. The number of ether oxygens (including phenoxy) is 1. The maximum absolute atomic E-state index is 13.3. The average Bonchev–Trinajstić information content (AvgIpc) is 2.78. The van der Waals surface area contributed by atoms with Crippen LogP contribution >= 0.6 is 0 Å². The number of benzene rings is 3. The van der Waals surface area contributed by atoms with Gasteiger partial charge >= 0.3 is 6.03 Å². The van der Waals surface area contributed by atoms with Gasteiger partial charge in [0.15, 0.2) is 0 Å². The summed E-state index contributed by atoms with van der Waals surface area (Å²) in [6, 6.07) is 16.9. The molecule has 0 spiro atoms. The van der Waals surface area contributed by atoms with E-state index in [9.17, 15) is 18.4 Å². The largest absolute Gasteiger partial charge is 0.497 e. The first-order valence-electron chi connectivity index (χ1n) is 9.48. The minimum atomic E-state index is -0.451. The summed E-state index contributed by atoms with van der Waals surface area (Å²) in [4.78, 5) is 26.5. The first-order chi connectivity index (χ1) is 15.0. The fourth-order valence-corrected chi connectivity index (χ4v) is 2.82. The molecule has 0 fully saturated rings. The Morgan fingerprint density at radius 2 is 1.45 bits per heavy atom. The maximum atomic E-state index is 13.3. The lowest BCUT2D eigenvalue weighted by molar-refractivity contribution is 0.0954. The van der Waals surface area contributed by atoms with Crippen molar-refractivity contribution >= 4 is 23.3 Å². The number of anilines is 2. The molecule has 6 nitrogen and oxygen atoms in total. The highest BCUT2D eigenvalue weighted by Gasteiger charge is 2.17. The van der Waals surface area contributed by atoms with Crippen LogP contribution in [0.15, 0.2) is 72.8 Å². The van der Waals surface area contributed by atoms with Crippen LogP contribution in [0.1, 0.15) is 10.4 Å². The van der Waals surface area contributed by atoms with E-state index in [1.165, 1.54) is 53.4 Å². The predicted octanol–water partition coefficient (Wildman–Crippen LogP) is 4.44. The quantitative estimate of drug-likeness (QED) is 0.588. The van der Waals surface area contributed by atoms with E-state index >= 15 is 0 Å². The van der Waals surface area contributed by atoms with Crippen molar-refractivity contribution in [3.63, 3.8) is 0 Å². The van der Waals surface area contributed by atoms with Crippen molar-refractivity contribution in [3.8, 4) is 5.75 Å². The molecule has 3 aromatic rings. The Balaban J connectivity index is 1.68. The van der Waals surface area contributed by atoms with E-state index in [1.54, 1.807) is 31.4 Å². The molecule has 0 atom stereocenters. The molecular formula is C23H21F2N3O3. The van der Waals surface area contributed by atoms with Gasteiger partial charge in [-0.2, -0.15) is 0 Å². The number of carbonyl (C=O) groups excluding carboxylic acids is 2. The Bertz CT molecular complexity index is 1020. The van der Waals surface area contributed by atoms with Crippen LogP contribution in [0.3, 0.4) is 0 Å². The van der Waals surface area contributed by atoms with E-state index in [-0.39, 0.29) is 13.1 Å². The predicted molar refractivity (Wildman–Crippen MR) is 114 cm³/mol. The van der Waals surface area contributed by atoms with Crippen LogP contribution in [-0.4, -0.2) is 32.1 Å². The van der Waals surface area contributed by atoms with E-state index in [4.69, 9.17) is 4.74 Å². The summed E-state index contributed by atoms with van der Waals surface area (Å²) in [5.41, 5.74) is 1.31. The van der Waals surface area contributed by atoms with Crippen molar-refractivity contribution in [3.05, 3.63) is 90.0 Å². The molecule has 3 rings (SSSR count). The first-order valence-corrected chi connectivity index (χ1v) is 9.48. The summed E-state index contributed by atoms with van der Waals surface area (Å²) in [6.07, 6.45) is 0. The number of hydrogen-bond acceptors (Lipinski definition) is 3. The molecule has 0 aliphatic rings. The lowest BCUT2D eigenvalue weighted by Crippen LogP contribution is -2.41. The van der Waals surface area contributed by atoms with Crippen molar-refractivity contribution in [1.29, 1.82) is 0 Å². The molecule has 0 aromatic heterocycles. The number of halogens is 2. The van der Waals surface area contributed by atoms with Gasteiger partial charge in [0.1, 0.15) is 17.4 Å². The Hall–Kier alpha value is -3.94. The first kappa shape index (κ1) is 21.8. The van der Waals surface area contributed by atoms with Gasteiger partial charge in [0.05, 0.1) is 7.11 Å². The Morgan fingerprint density at radius 1 is 0.871 bits per heavy atom. The van der Waals surface area contributed by atoms with E-state index < -0.39 is 23.6 Å². The van der Waals surface area contributed by atoms with Crippen LogP contribution < -0.4 is 20.3 Å². The number of rotatable bonds is 7. The maximum Gasteiger partial charge on any atom is 0.326 e. The summed E-state index contributed by atoms with van der Waals surface area (Å²) in [5.74, 6) is -0.607. The van der Waals surface area contributed by atoms with Gasteiger partial charge in [-0.3, -0.25) is 9.69 Å². The molecule has 0 saturated heterocycles. The van der Waals surface area contributed by atoms with E-state index in [2.05, 4.69) is 10.6 Å². The Morgan fingerprint density at radius 3 is 2.03 bits per heavy atom. The Labute approximate surface area is 178 Å². The third-order valence-corrected chi connectivity index (χ3v) is 4.45. The smallest absolute Gasteiger partial charge is 0.326 e. The zero-order valence-corrected chi connectivity index (χ0v) is 16.8. The second kappa shape index (κ2) is 10.2. The highest BCUT2D eigenvalue weighted by Crippen LogP contribution is 2.19. The van der Waals surface area contributed by atoms with Crippen LogP contribution in [0.5, 0.6) is 5.75 Å². The zero-order chi connectivity index (χ0) is 22.2. The van der Waals surface area contributed by atoms with Crippen LogP contribution in [-0.2, 0) is 0 Å². The number of nitrogens with one attached hydrogen (secondary N) is 2. The van der Waals surface area contributed by atoms with Crippen molar-refractivity contribution in [2.24, 2.45) is 0 Å². The zero-order valence-electron chi connectivity index (χ0n) is 16.8. The molecule has 0 unspecified atom stereocenters. The van der Waals surface area contributed by atoms with Crippen LogP contribution in [0, 0.1) is 11.6 Å². The van der Waals surface area contributed by atoms with Crippen LogP contribution in [0.2, 0.25) is 0 Å². The van der Waals surface area contributed by atoms with Crippen molar-refractivity contribution in [2.45, 2.75) is 0 Å². The fourth-order valence-electron chi connectivity index (χ4n) is 2.82. The summed E-state index contributed by atoms with van der Waals surface area (Å²) in [7, 11) is 1.55. The number of amides is 3. The molecule has 0 radical (unpaired) electrons. The molecular weight excluding hydrogens is 404 g/mol. The molecule has 0 saturated carbocycles. The molecule has 0 aliphatic carbocycles. The van der Waals surface area contributed by atoms with E-state index in [0.29, 0.717) is 22.7 Å². The normalized spacial score (nSPS) is 10.3. The van der Waals surface area contributed by atoms with E-state index in [1.807, 2.05) is 0 Å². The van der Waals surface area contributed by atoms with E-state index in [0.717, 1.165) is 0 Å². The number of urea groups is 1. The molecule has 8 heteroatoms. The molecule has 31 heavy (non-hydrogen) atoms. The van der Waals surface area contributed by atoms with Crippen molar-refractivity contribution in [1.82, 2.24) is 5.32 Å². The van der Waals surface area contributed by atoms with Gasteiger partial charge < -0.3 is 15.4 Å². The minimum absolute atomic E-state index is 0.126. The SMILES string of the molecule is COc1ccc(NC(=O)N(CCNC(=O)c2ccc(F)cc2)c2ccc(F)cc2)cc1. The van der Waals surface area contributed by atoms with Crippen LogP contribution in [0.25, 0.3) is 0 Å². The van der Waals surface area contributed by atoms with Crippen molar-refractivity contribution < 1.29 is 23.1 Å². The highest BCUT2D eigenvalue weighted by molar-refractivity contribution is 6.02. The molecule has 3 aromatic carbocycles. The topological polar surface area (TPSA) is 70.7 Å². The van der Waals surface area contributed by atoms with Gasteiger partial charge in [-0.05, 0) is 72.8 Å². The molecule has 2 N–H and O–H groups in total. The van der Waals surface area contributed by atoms with Crippen LogP contribution in [0.4, 0.5) is 25.0 Å². The van der Waals surface area contributed by atoms with Crippen molar-refractivity contribution in [2.75, 3.05) is 30.4 Å². The Kier molecular flexibility index (Phi) is 7.16. The monoisotopic (exact) mass is 425 g/mol. The second-order valence-corrected chi connectivity index (χ2v) is 6.55. The lowest BCUT2D eigenvalue weighted by Gasteiger charge is -2.23. The summed E-state index contributed by atoms with van der Waals surface area (Å²) >= 11 is 0. The number of nitrogens with zero attached hydrogens (tertiary/aromatic N) is 1. The minimum Gasteiger partial charge on any atom is -0.497 e. The molecule has 0 aliphatic heterocycles. The molecule has 160 valence electrons. The molecule has 3 amide bonds. The van der Waals surface area contributed by atoms with Gasteiger partial charge in [0.2, 0.25) is 0 Å². The highest BCUT2D eigenvalue weighted by atomic mass is 19.1. The molecule has 0 heterocycles. The lowest BCUT2D eigenvalue weighted by atomic mass is 10.2. The third kappa shape index (κ3) is 6.02. The van der Waals surface area contributed by atoms with Gasteiger partial charge in [-0.15, -0.1) is 0 Å². The summed E-state index contributed by atoms with van der Waals surface area (Å²) in [5, 5.41) is 5.46. The number of hydrogen-bond donors (Lipinski definition) is 2. The van der Waals surface area contributed by atoms with Gasteiger partial charge in [-0.1, -0.05) is 0 Å². The average molecular weight is 425 g/mol. The van der Waals surface area contributed by atoms with Gasteiger partial charge in [-0.25, -0.2) is 13.6 Å². The third-order valence-electron chi connectivity index (χ3n) is 4.45. The number of carbonyl (C=O) groups is 2. The summed E-state index contributed by atoms with van der Waals surface area (Å²) < 4.78 is 31.4. The summed E-state index contributed by atoms with van der Waals surface area (Å²) in [6.45, 7) is 0.254.